The van der Waals surface area contributed by atoms with Crippen LogP contribution in [0.1, 0.15) is 23.7 Å². The predicted molar refractivity (Wildman–Crippen MR) is 71.4 cm³/mol. The minimum atomic E-state index is 0.259. The summed E-state index contributed by atoms with van der Waals surface area (Å²) in [6.45, 7) is 4.34. The van der Waals surface area contributed by atoms with Gasteiger partial charge >= 0.3 is 6.01 Å². The summed E-state index contributed by atoms with van der Waals surface area (Å²) in [5.74, 6) is 0. The maximum absolute atomic E-state index is 5.47. The molecule has 3 rings (SSSR count). The molecule has 1 saturated heterocycles. The van der Waals surface area contributed by atoms with E-state index >= 15 is 0 Å². The highest BCUT2D eigenvalue weighted by Gasteiger charge is 2.20. The standard InChI is InChI=1S/C13H18N4O2/c1-8-11-12(17-13(16-8)18-2)9(7-15-11)10-3-5-19-6-4-14-10/h7,10,14-15H,3-6H2,1-2H3. The topological polar surface area (TPSA) is 72.1 Å². The molecule has 2 N–H and O–H groups in total. The van der Waals surface area contributed by atoms with Crippen molar-refractivity contribution in [2.75, 3.05) is 26.9 Å². The van der Waals surface area contributed by atoms with Gasteiger partial charge in [0, 0.05) is 31.0 Å². The lowest BCUT2D eigenvalue weighted by molar-refractivity contribution is 0.150. The second kappa shape index (κ2) is 5.14. The maximum atomic E-state index is 5.47. The minimum absolute atomic E-state index is 0.259. The van der Waals surface area contributed by atoms with Crippen molar-refractivity contribution in [3.05, 3.63) is 17.5 Å². The molecule has 2 aromatic rings. The molecule has 0 amide bonds. The Morgan fingerprint density at radius 2 is 2.26 bits per heavy atom. The first-order valence-electron chi connectivity index (χ1n) is 6.50. The van der Waals surface area contributed by atoms with E-state index in [1.807, 2.05) is 13.1 Å². The molecule has 0 aliphatic carbocycles. The van der Waals surface area contributed by atoms with Crippen molar-refractivity contribution < 1.29 is 9.47 Å². The van der Waals surface area contributed by atoms with Crippen molar-refractivity contribution in [2.45, 2.75) is 19.4 Å². The number of aromatic nitrogens is 3. The Bertz CT molecular complexity index is 573. The number of aromatic amines is 1. The van der Waals surface area contributed by atoms with Crippen LogP contribution in [0.25, 0.3) is 11.0 Å². The minimum Gasteiger partial charge on any atom is -0.467 e. The van der Waals surface area contributed by atoms with Crippen molar-refractivity contribution in [1.82, 2.24) is 20.3 Å². The fourth-order valence-electron chi connectivity index (χ4n) is 2.48. The normalized spacial score (nSPS) is 20.4. The van der Waals surface area contributed by atoms with Gasteiger partial charge in [0.25, 0.3) is 0 Å². The smallest absolute Gasteiger partial charge is 0.317 e. The number of nitrogens with one attached hydrogen (secondary N) is 2. The molecule has 6 nitrogen and oxygen atoms in total. The summed E-state index contributed by atoms with van der Waals surface area (Å²) in [6, 6.07) is 0.672. The highest BCUT2D eigenvalue weighted by atomic mass is 16.5. The van der Waals surface area contributed by atoms with Crippen LogP contribution in [0.3, 0.4) is 0 Å². The largest absolute Gasteiger partial charge is 0.467 e. The van der Waals surface area contributed by atoms with E-state index in [1.165, 1.54) is 0 Å². The maximum Gasteiger partial charge on any atom is 0.317 e. The molecule has 0 aromatic carbocycles. The first-order valence-corrected chi connectivity index (χ1v) is 6.50. The average Bonchev–Trinajstić information content (AvgIpc) is 2.67. The summed E-state index contributed by atoms with van der Waals surface area (Å²) in [7, 11) is 1.59. The summed E-state index contributed by atoms with van der Waals surface area (Å²) in [6.07, 6.45) is 2.95. The van der Waals surface area contributed by atoms with E-state index in [0.717, 1.165) is 48.5 Å². The Balaban J connectivity index is 2.05. The van der Waals surface area contributed by atoms with Crippen LogP contribution < -0.4 is 10.1 Å². The van der Waals surface area contributed by atoms with Gasteiger partial charge in [0.1, 0.15) is 5.52 Å². The molecule has 0 saturated carbocycles. The molecule has 2 aromatic heterocycles. The van der Waals surface area contributed by atoms with Crippen LogP contribution in [-0.4, -0.2) is 41.8 Å². The van der Waals surface area contributed by atoms with Crippen LogP contribution in [-0.2, 0) is 4.74 Å². The SMILES string of the molecule is COc1nc(C)c2[nH]cc(C3CCOCCN3)c2n1. The van der Waals surface area contributed by atoms with Gasteiger partial charge in [-0.2, -0.15) is 9.97 Å². The van der Waals surface area contributed by atoms with Crippen LogP contribution in [0.4, 0.5) is 0 Å². The molecular formula is C13H18N4O2. The molecule has 1 atom stereocenters. The molecule has 1 aliphatic heterocycles. The number of methoxy groups -OCH3 is 1. The monoisotopic (exact) mass is 262 g/mol. The van der Waals surface area contributed by atoms with Gasteiger partial charge in [0.15, 0.2) is 0 Å². The number of ether oxygens (including phenoxy) is 2. The van der Waals surface area contributed by atoms with Gasteiger partial charge in [-0.1, -0.05) is 0 Å². The zero-order chi connectivity index (χ0) is 13.2. The second-order valence-corrected chi connectivity index (χ2v) is 4.67. The first-order chi connectivity index (χ1) is 9.29. The highest BCUT2D eigenvalue weighted by Crippen LogP contribution is 2.28. The van der Waals surface area contributed by atoms with Crippen molar-refractivity contribution in [3.8, 4) is 6.01 Å². The van der Waals surface area contributed by atoms with Gasteiger partial charge in [0.05, 0.1) is 24.9 Å². The van der Waals surface area contributed by atoms with Crippen LogP contribution in [0, 0.1) is 6.92 Å². The van der Waals surface area contributed by atoms with E-state index < -0.39 is 0 Å². The second-order valence-electron chi connectivity index (χ2n) is 4.67. The Morgan fingerprint density at radius 1 is 1.37 bits per heavy atom. The summed E-state index contributed by atoms with van der Waals surface area (Å²) in [5.41, 5.74) is 3.97. The van der Waals surface area contributed by atoms with Crippen LogP contribution >= 0.6 is 0 Å². The van der Waals surface area contributed by atoms with Gasteiger partial charge in [0.2, 0.25) is 0 Å². The number of H-pyrrole nitrogens is 1. The van der Waals surface area contributed by atoms with E-state index in [-0.39, 0.29) is 6.04 Å². The lowest BCUT2D eigenvalue weighted by Crippen LogP contribution is -2.22. The molecule has 1 aliphatic rings. The Hall–Kier alpha value is -1.66. The van der Waals surface area contributed by atoms with Crippen molar-refractivity contribution in [1.29, 1.82) is 0 Å². The van der Waals surface area contributed by atoms with Crippen molar-refractivity contribution >= 4 is 11.0 Å². The Kier molecular flexibility index (Phi) is 3.35. The van der Waals surface area contributed by atoms with E-state index in [0.29, 0.717) is 6.01 Å². The Morgan fingerprint density at radius 3 is 3.11 bits per heavy atom. The molecule has 0 radical (unpaired) electrons. The molecule has 102 valence electrons. The fraction of sp³-hybridized carbons (Fsp3) is 0.538. The first kappa shape index (κ1) is 12.4. The molecule has 3 heterocycles. The quantitative estimate of drug-likeness (QED) is 0.854. The van der Waals surface area contributed by atoms with E-state index in [9.17, 15) is 0 Å². The number of fused-ring (bicyclic) bond motifs is 1. The van der Waals surface area contributed by atoms with Gasteiger partial charge in [-0.05, 0) is 13.3 Å². The average molecular weight is 262 g/mol. The molecule has 6 heteroatoms. The van der Waals surface area contributed by atoms with Gasteiger partial charge in [-0.25, -0.2) is 0 Å². The predicted octanol–water partition coefficient (Wildman–Crippen LogP) is 1.33. The number of nitrogens with zero attached hydrogens (tertiary/aromatic N) is 2. The lowest BCUT2D eigenvalue weighted by atomic mass is 10.1. The molecule has 0 bridgehead atoms. The number of hydrogen-bond donors (Lipinski definition) is 2. The third-order valence-electron chi connectivity index (χ3n) is 3.46. The summed E-state index contributed by atoms with van der Waals surface area (Å²) in [5, 5.41) is 3.49. The van der Waals surface area contributed by atoms with Crippen molar-refractivity contribution in [2.24, 2.45) is 0 Å². The van der Waals surface area contributed by atoms with Crippen LogP contribution in [0.2, 0.25) is 0 Å². The number of aryl methyl sites for hydroxylation is 1. The molecule has 1 unspecified atom stereocenters. The molecule has 19 heavy (non-hydrogen) atoms. The summed E-state index contributed by atoms with van der Waals surface area (Å²) >= 11 is 0. The van der Waals surface area contributed by atoms with Gasteiger partial charge in [-0.15, -0.1) is 0 Å². The zero-order valence-corrected chi connectivity index (χ0v) is 11.2. The Labute approximate surface area is 111 Å². The van der Waals surface area contributed by atoms with Crippen molar-refractivity contribution in [3.63, 3.8) is 0 Å². The van der Waals surface area contributed by atoms with E-state index in [2.05, 4.69) is 20.3 Å². The number of rotatable bonds is 2. The molecule has 1 fully saturated rings. The summed E-state index contributed by atoms with van der Waals surface area (Å²) < 4.78 is 10.6. The van der Waals surface area contributed by atoms with Gasteiger partial charge < -0.3 is 19.8 Å². The zero-order valence-electron chi connectivity index (χ0n) is 11.2. The summed E-state index contributed by atoms with van der Waals surface area (Å²) in [4.78, 5) is 12.0. The van der Waals surface area contributed by atoms with Gasteiger partial charge in [-0.3, -0.25) is 0 Å². The van der Waals surface area contributed by atoms with Crippen LogP contribution in [0.5, 0.6) is 6.01 Å². The molecule has 0 spiro atoms. The lowest BCUT2D eigenvalue weighted by Gasteiger charge is -2.13. The van der Waals surface area contributed by atoms with E-state index in [1.54, 1.807) is 7.11 Å². The third kappa shape index (κ3) is 2.29. The molecular weight excluding hydrogens is 244 g/mol. The van der Waals surface area contributed by atoms with E-state index in [4.69, 9.17) is 9.47 Å². The third-order valence-corrected chi connectivity index (χ3v) is 3.46. The van der Waals surface area contributed by atoms with Crippen LogP contribution in [0.15, 0.2) is 6.20 Å². The number of hydrogen-bond acceptors (Lipinski definition) is 5. The fourth-order valence-corrected chi connectivity index (χ4v) is 2.48. The highest BCUT2D eigenvalue weighted by molar-refractivity contribution is 5.81.